The number of likely N-dealkylation sites (tertiary alicyclic amines) is 1. The standard InChI is InChI=1S/C17H19N3O/c21-16(17-18-9-5-10-19-17)15-8-4-11-20(13-15)12-14-6-2-1-3-7-14/h1-3,5-7,9-10,15H,4,8,11-13H2. The molecule has 1 aliphatic heterocycles. The van der Waals surface area contributed by atoms with Gasteiger partial charge < -0.3 is 0 Å². The van der Waals surface area contributed by atoms with Gasteiger partial charge in [-0.2, -0.15) is 0 Å². The first-order valence-corrected chi connectivity index (χ1v) is 7.40. The minimum absolute atomic E-state index is 0.0184. The number of Topliss-reactive ketones (excluding diaryl/α,β-unsaturated/α-hetero) is 1. The molecule has 3 rings (SSSR count). The summed E-state index contributed by atoms with van der Waals surface area (Å²) in [6.07, 6.45) is 5.24. The van der Waals surface area contributed by atoms with Crippen LogP contribution < -0.4 is 0 Å². The summed E-state index contributed by atoms with van der Waals surface area (Å²) < 4.78 is 0. The van der Waals surface area contributed by atoms with Gasteiger partial charge in [-0.3, -0.25) is 9.69 Å². The van der Waals surface area contributed by atoms with Crippen LogP contribution in [0.1, 0.15) is 29.0 Å². The normalized spacial score (nSPS) is 19.3. The van der Waals surface area contributed by atoms with Crippen molar-refractivity contribution >= 4 is 5.78 Å². The van der Waals surface area contributed by atoms with Gasteiger partial charge in [0.05, 0.1) is 0 Å². The third kappa shape index (κ3) is 3.52. The SMILES string of the molecule is O=C(c1ncccn1)C1CCCN(Cc2ccccc2)C1. The lowest BCUT2D eigenvalue weighted by atomic mass is 9.93. The van der Waals surface area contributed by atoms with Gasteiger partial charge in [-0.15, -0.1) is 0 Å². The Hall–Kier alpha value is -2.07. The lowest BCUT2D eigenvalue weighted by Gasteiger charge is -2.31. The molecule has 0 N–H and O–H groups in total. The molecule has 1 fully saturated rings. The molecule has 0 saturated carbocycles. The van der Waals surface area contributed by atoms with Crippen molar-refractivity contribution in [1.29, 1.82) is 0 Å². The number of piperidine rings is 1. The zero-order valence-corrected chi connectivity index (χ0v) is 12.0. The molecule has 1 unspecified atom stereocenters. The zero-order valence-electron chi connectivity index (χ0n) is 12.0. The summed E-state index contributed by atoms with van der Waals surface area (Å²) >= 11 is 0. The summed E-state index contributed by atoms with van der Waals surface area (Å²) in [7, 11) is 0. The van der Waals surface area contributed by atoms with Crippen LogP contribution in [0, 0.1) is 5.92 Å². The average molecular weight is 281 g/mol. The second-order valence-corrected chi connectivity index (χ2v) is 5.50. The van der Waals surface area contributed by atoms with E-state index in [1.54, 1.807) is 18.5 Å². The molecule has 1 saturated heterocycles. The van der Waals surface area contributed by atoms with Crippen molar-refractivity contribution in [1.82, 2.24) is 14.9 Å². The molecule has 4 nitrogen and oxygen atoms in total. The van der Waals surface area contributed by atoms with Gasteiger partial charge in [0.1, 0.15) is 0 Å². The Morgan fingerprint density at radius 1 is 1.14 bits per heavy atom. The van der Waals surface area contributed by atoms with Crippen LogP contribution in [0.15, 0.2) is 48.8 Å². The van der Waals surface area contributed by atoms with E-state index in [-0.39, 0.29) is 11.7 Å². The number of ketones is 1. The molecular weight excluding hydrogens is 262 g/mol. The number of carbonyl (C=O) groups excluding carboxylic acids is 1. The minimum Gasteiger partial charge on any atom is -0.298 e. The third-order valence-electron chi connectivity index (χ3n) is 3.91. The molecule has 108 valence electrons. The van der Waals surface area contributed by atoms with Gasteiger partial charge in [0.2, 0.25) is 5.78 Å². The van der Waals surface area contributed by atoms with Crippen molar-refractivity contribution in [3.8, 4) is 0 Å². The van der Waals surface area contributed by atoms with Crippen molar-refractivity contribution < 1.29 is 4.79 Å². The molecule has 0 spiro atoms. The second kappa shape index (κ2) is 6.59. The van der Waals surface area contributed by atoms with Crippen LogP contribution in [-0.4, -0.2) is 33.7 Å². The first-order valence-electron chi connectivity index (χ1n) is 7.40. The molecule has 21 heavy (non-hydrogen) atoms. The molecule has 0 aliphatic carbocycles. The fourth-order valence-electron chi connectivity index (χ4n) is 2.86. The number of hydrogen-bond acceptors (Lipinski definition) is 4. The summed E-state index contributed by atoms with van der Waals surface area (Å²) in [6, 6.07) is 12.1. The van der Waals surface area contributed by atoms with E-state index < -0.39 is 0 Å². The number of hydrogen-bond donors (Lipinski definition) is 0. The lowest BCUT2D eigenvalue weighted by Crippen LogP contribution is -2.38. The van der Waals surface area contributed by atoms with Crippen molar-refractivity contribution in [2.45, 2.75) is 19.4 Å². The number of nitrogens with zero attached hydrogens (tertiary/aromatic N) is 3. The Morgan fingerprint density at radius 2 is 1.90 bits per heavy atom. The van der Waals surface area contributed by atoms with Gasteiger partial charge in [0.25, 0.3) is 0 Å². The Bertz CT molecular complexity index is 585. The molecule has 0 amide bonds. The van der Waals surface area contributed by atoms with E-state index >= 15 is 0 Å². The molecule has 1 aliphatic rings. The number of benzene rings is 1. The van der Waals surface area contributed by atoms with Crippen LogP contribution in [0.2, 0.25) is 0 Å². The van der Waals surface area contributed by atoms with Crippen LogP contribution in [0.5, 0.6) is 0 Å². The largest absolute Gasteiger partial charge is 0.298 e. The predicted octanol–water partition coefficient (Wildman–Crippen LogP) is 2.57. The average Bonchev–Trinajstić information content (AvgIpc) is 2.56. The molecule has 2 aromatic rings. The highest BCUT2D eigenvalue weighted by Gasteiger charge is 2.27. The van der Waals surface area contributed by atoms with Crippen molar-refractivity contribution in [2.75, 3.05) is 13.1 Å². The van der Waals surface area contributed by atoms with Crippen molar-refractivity contribution in [3.63, 3.8) is 0 Å². The summed E-state index contributed by atoms with van der Waals surface area (Å²) in [4.78, 5) is 23.0. The van der Waals surface area contributed by atoms with Gasteiger partial charge >= 0.3 is 0 Å². The van der Waals surface area contributed by atoms with Gasteiger partial charge in [-0.25, -0.2) is 9.97 Å². The summed E-state index contributed by atoms with van der Waals surface area (Å²) in [6.45, 7) is 2.75. The fourth-order valence-corrected chi connectivity index (χ4v) is 2.86. The smallest absolute Gasteiger partial charge is 0.204 e. The van der Waals surface area contributed by atoms with Crippen LogP contribution in [-0.2, 0) is 6.54 Å². The van der Waals surface area contributed by atoms with E-state index in [1.165, 1.54) is 5.56 Å². The van der Waals surface area contributed by atoms with E-state index in [1.807, 2.05) is 6.07 Å². The fraction of sp³-hybridized carbons (Fsp3) is 0.353. The van der Waals surface area contributed by atoms with E-state index in [9.17, 15) is 4.79 Å². The van der Waals surface area contributed by atoms with Gasteiger partial charge in [0.15, 0.2) is 5.82 Å². The number of carbonyl (C=O) groups is 1. The van der Waals surface area contributed by atoms with Crippen LogP contribution in [0.4, 0.5) is 0 Å². The quantitative estimate of drug-likeness (QED) is 0.808. The second-order valence-electron chi connectivity index (χ2n) is 5.50. The molecule has 0 bridgehead atoms. The van der Waals surface area contributed by atoms with Gasteiger partial charge in [-0.05, 0) is 31.0 Å². The topological polar surface area (TPSA) is 46.1 Å². The molecule has 1 atom stereocenters. The molecule has 4 heteroatoms. The molecule has 2 heterocycles. The van der Waals surface area contributed by atoms with Crippen molar-refractivity contribution in [3.05, 3.63) is 60.2 Å². The Labute approximate surface area is 124 Å². The maximum absolute atomic E-state index is 12.4. The lowest BCUT2D eigenvalue weighted by molar-refractivity contribution is 0.0800. The Balaban J connectivity index is 1.64. The summed E-state index contributed by atoms with van der Waals surface area (Å²) in [5.74, 6) is 0.447. The van der Waals surface area contributed by atoms with Crippen LogP contribution in [0.3, 0.4) is 0 Å². The molecular formula is C17H19N3O. The Kier molecular flexibility index (Phi) is 4.36. The Morgan fingerprint density at radius 3 is 2.67 bits per heavy atom. The van der Waals surface area contributed by atoms with E-state index in [4.69, 9.17) is 0 Å². The van der Waals surface area contributed by atoms with E-state index in [2.05, 4.69) is 39.1 Å². The monoisotopic (exact) mass is 281 g/mol. The maximum atomic E-state index is 12.4. The molecule has 1 aromatic heterocycles. The first kappa shape index (κ1) is 13.9. The van der Waals surface area contributed by atoms with E-state index in [0.717, 1.165) is 32.5 Å². The number of aromatic nitrogens is 2. The molecule has 1 aromatic carbocycles. The highest BCUT2D eigenvalue weighted by molar-refractivity contribution is 5.94. The van der Waals surface area contributed by atoms with Crippen LogP contribution >= 0.6 is 0 Å². The maximum Gasteiger partial charge on any atom is 0.204 e. The number of rotatable bonds is 4. The summed E-state index contributed by atoms with van der Waals surface area (Å²) in [5, 5.41) is 0. The first-order chi connectivity index (χ1) is 10.3. The van der Waals surface area contributed by atoms with Crippen molar-refractivity contribution in [2.24, 2.45) is 5.92 Å². The summed E-state index contributed by atoms with van der Waals surface area (Å²) in [5.41, 5.74) is 1.29. The van der Waals surface area contributed by atoms with E-state index in [0.29, 0.717) is 5.82 Å². The zero-order chi connectivity index (χ0) is 14.5. The molecule has 0 radical (unpaired) electrons. The van der Waals surface area contributed by atoms with Crippen LogP contribution in [0.25, 0.3) is 0 Å². The predicted molar refractivity (Wildman–Crippen MR) is 80.8 cm³/mol. The highest BCUT2D eigenvalue weighted by Crippen LogP contribution is 2.21. The highest BCUT2D eigenvalue weighted by atomic mass is 16.1. The van der Waals surface area contributed by atoms with Gasteiger partial charge in [0, 0.05) is 31.4 Å². The minimum atomic E-state index is 0.0184. The third-order valence-corrected chi connectivity index (χ3v) is 3.91. The van der Waals surface area contributed by atoms with Gasteiger partial charge in [-0.1, -0.05) is 30.3 Å².